The smallest absolute Gasteiger partial charge is 0.177 e. The monoisotopic (exact) mass is 173 g/mol. The number of aromatic nitrogens is 1. The Labute approximate surface area is 69.0 Å². The first-order chi connectivity index (χ1) is 5.59. The molecular formula is C7H9F2N3. The third-order valence-corrected chi connectivity index (χ3v) is 1.14. The Morgan fingerprint density at radius 2 is 2.08 bits per heavy atom. The normalized spacial score (nSPS) is 10.4. The van der Waals surface area contributed by atoms with E-state index in [-0.39, 0.29) is 5.82 Å². The van der Waals surface area contributed by atoms with Crippen LogP contribution in [0.1, 0.15) is 0 Å². The highest BCUT2D eigenvalue weighted by molar-refractivity contribution is 5.34. The van der Waals surface area contributed by atoms with E-state index in [2.05, 4.69) is 10.4 Å². The molecule has 66 valence electrons. The van der Waals surface area contributed by atoms with Crippen LogP contribution in [0, 0.1) is 11.6 Å². The first kappa shape index (κ1) is 8.86. The lowest BCUT2D eigenvalue weighted by molar-refractivity contribution is 0.480. The Balaban J connectivity index is 2.86. The van der Waals surface area contributed by atoms with Gasteiger partial charge in [-0.1, -0.05) is 0 Å². The molecule has 0 saturated heterocycles. The summed E-state index contributed by atoms with van der Waals surface area (Å²) in [4.78, 5) is 3.52. The van der Waals surface area contributed by atoms with Gasteiger partial charge in [-0.05, 0) is 0 Å². The predicted octanol–water partition coefficient (Wildman–Crippen LogP) is 1.25. The molecule has 1 rings (SSSR count). The van der Waals surface area contributed by atoms with Crippen molar-refractivity contribution in [2.45, 2.75) is 0 Å². The van der Waals surface area contributed by atoms with Crippen LogP contribution in [0.5, 0.6) is 0 Å². The van der Waals surface area contributed by atoms with Crippen molar-refractivity contribution in [3.05, 3.63) is 23.9 Å². The maximum absolute atomic E-state index is 12.8. The predicted molar refractivity (Wildman–Crippen MR) is 41.5 cm³/mol. The van der Waals surface area contributed by atoms with Gasteiger partial charge in [0, 0.05) is 20.2 Å². The lowest BCUT2D eigenvalue weighted by atomic mass is 10.4. The number of pyridine rings is 1. The Morgan fingerprint density at radius 3 is 2.58 bits per heavy atom. The van der Waals surface area contributed by atoms with Gasteiger partial charge in [0.1, 0.15) is 5.82 Å². The molecule has 0 aliphatic heterocycles. The minimum Gasteiger partial charge on any atom is -0.301 e. The molecule has 0 atom stereocenters. The van der Waals surface area contributed by atoms with Crippen LogP contribution in [0.15, 0.2) is 12.3 Å². The van der Waals surface area contributed by atoms with Crippen molar-refractivity contribution in [1.82, 2.24) is 9.99 Å². The molecule has 1 heterocycles. The van der Waals surface area contributed by atoms with Gasteiger partial charge in [0.05, 0.1) is 6.20 Å². The van der Waals surface area contributed by atoms with E-state index >= 15 is 0 Å². The van der Waals surface area contributed by atoms with E-state index in [9.17, 15) is 8.78 Å². The zero-order chi connectivity index (χ0) is 9.14. The number of rotatable bonds is 2. The Morgan fingerprint density at radius 1 is 1.42 bits per heavy atom. The standard InChI is InChI=1S/C7H9F2N3/c1-12(2)11-7-6(9)3-5(8)4-10-7/h3-4H,1-2H3,(H,10,11). The number of hydrogen-bond donors (Lipinski definition) is 1. The minimum atomic E-state index is -0.705. The molecule has 0 saturated carbocycles. The van der Waals surface area contributed by atoms with Crippen molar-refractivity contribution < 1.29 is 8.78 Å². The summed E-state index contributed by atoms with van der Waals surface area (Å²) in [7, 11) is 3.37. The molecule has 0 fully saturated rings. The summed E-state index contributed by atoms with van der Waals surface area (Å²) in [6.07, 6.45) is 0.953. The summed E-state index contributed by atoms with van der Waals surface area (Å²) in [5, 5.41) is 1.52. The van der Waals surface area contributed by atoms with E-state index in [1.807, 2.05) is 0 Å². The molecule has 5 heteroatoms. The van der Waals surface area contributed by atoms with E-state index in [0.29, 0.717) is 0 Å². The van der Waals surface area contributed by atoms with Crippen LogP contribution >= 0.6 is 0 Å². The number of hydrogen-bond acceptors (Lipinski definition) is 3. The van der Waals surface area contributed by atoms with Crippen LogP contribution < -0.4 is 5.43 Å². The fraction of sp³-hybridized carbons (Fsp3) is 0.286. The van der Waals surface area contributed by atoms with Crippen molar-refractivity contribution in [3.8, 4) is 0 Å². The fourth-order valence-electron chi connectivity index (χ4n) is 0.709. The third kappa shape index (κ3) is 2.13. The molecule has 0 aliphatic carbocycles. The van der Waals surface area contributed by atoms with Crippen LogP contribution in [0.25, 0.3) is 0 Å². The van der Waals surface area contributed by atoms with Crippen molar-refractivity contribution in [2.75, 3.05) is 19.5 Å². The molecule has 12 heavy (non-hydrogen) atoms. The quantitative estimate of drug-likeness (QED) is 0.682. The van der Waals surface area contributed by atoms with Crippen LogP contribution in [0.3, 0.4) is 0 Å². The molecular weight excluding hydrogens is 164 g/mol. The summed E-state index contributed by atoms with van der Waals surface area (Å²) in [5.41, 5.74) is 2.58. The fourth-order valence-corrected chi connectivity index (χ4v) is 0.709. The molecule has 0 radical (unpaired) electrons. The van der Waals surface area contributed by atoms with Gasteiger partial charge in [-0.15, -0.1) is 0 Å². The van der Waals surface area contributed by atoms with Crippen LogP contribution in [0.4, 0.5) is 14.6 Å². The van der Waals surface area contributed by atoms with Gasteiger partial charge in [-0.3, -0.25) is 0 Å². The molecule has 1 aromatic rings. The first-order valence-corrected chi connectivity index (χ1v) is 3.34. The van der Waals surface area contributed by atoms with Gasteiger partial charge < -0.3 is 5.43 Å². The Bertz CT molecular complexity index is 275. The molecule has 0 amide bonds. The molecule has 0 aromatic carbocycles. The zero-order valence-electron chi connectivity index (χ0n) is 6.81. The van der Waals surface area contributed by atoms with E-state index in [1.54, 1.807) is 14.1 Å². The average Bonchev–Trinajstić information content (AvgIpc) is 1.94. The molecule has 0 bridgehead atoms. The largest absolute Gasteiger partial charge is 0.301 e. The van der Waals surface area contributed by atoms with Gasteiger partial charge >= 0.3 is 0 Å². The highest BCUT2D eigenvalue weighted by Crippen LogP contribution is 2.10. The van der Waals surface area contributed by atoms with E-state index in [4.69, 9.17) is 0 Å². The highest BCUT2D eigenvalue weighted by atomic mass is 19.1. The zero-order valence-corrected chi connectivity index (χ0v) is 6.81. The van der Waals surface area contributed by atoms with Crippen LogP contribution in [-0.4, -0.2) is 24.1 Å². The summed E-state index contributed by atoms with van der Waals surface area (Å²) in [5.74, 6) is -1.37. The van der Waals surface area contributed by atoms with Crippen LogP contribution in [0.2, 0.25) is 0 Å². The topological polar surface area (TPSA) is 28.2 Å². The van der Waals surface area contributed by atoms with Gasteiger partial charge in [0.2, 0.25) is 0 Å². The summed E-state index contributed by atoms with van der Waals surface area (Å²) >= 11 is 0. The lowest BCUT2D eigenvalue weighted by Gasteiger charge is -2.12. The minimum absolute atomic E-state index is 0.0152. The first-order valence-electron chi connectivity index (χ1n) is 3.34. The van der Waals surface area contributed by atoms with Gasteiger partial charge in [0.15, 0.2) is 11.6 Å². The molecule has 3 nitrogen and oxygen atoms in total. The Kier molecular flexibility index (Phi) is 2.54. The highest BCUT2D eigenvalue weighted by Gasteiger charge is 2.04. The SMILES string of the molecule is CN(C)Nc1ncc(F)cc1F. The molecule has 0 unspecified atom stereocenters. The molecule has 0 spiro atoms. The molecule has 0 aliphatic rings. The summed E-state index contributed by atoms with van der Waals surface area (Å²) in [6.45, 7) is 0. The van der Waals surface area contributed by atoms with E-state index in [0.717, 1.165) is 12.3 Å². The van der Waals surface area contributed by atoms with Crippen molar-refractivity contribution in [2.24, 2.45) is 0 Å². The van der Waals surface area contributed by atoms with Gasteiger partial charge in [-0.2, -0.15) is 0 Å². The maximum Gasteiger partial charge on any atom is 0.177 e. The number of hydrazine groups is 1. The van der Waals surface area contributed by atoms with Gasteiger partial charge in [0.25, 0.3) is 0 Å². The Hall–Kier alpha value is -1.23. The maximum atomic E-state index is 12.8. The van der Waals surface area contributed by atoms with Crippen molar-refractivity contribution in [3.63, 3.8) is 0 Å². The van der Waals surface area contributed by atoms with Crippen LogP contribution in [-0.2, 0) is 0 Å². The molecule has 1 N–H and O–H groups in total. The second-order valence-corrected chi connectivity index (χ2v) is 2.49. The van der Waals surface area contributed by atoms with Crippen molar-refractivity contribution in [1.29, 1.82) is 0 Å². The number of halogens is 2. The number of nitrogens with one attached hydrogen (secondary N) is 1. The lowest BCUT2D eigenvalue weighted by Crippen LogP contribution is -2.21. The molecule has 1 aromatic heterocycles. The number of anilines is 1. The second kappa shape index (κ2) is 3.44. The van der Waals surface area contributed by atoms with Crippen molar-refractivity contribution >= 4 is 5.82 Å². The summed E-state index contributed by atoms with van der Waals surface area (Å²) < 4.78 is 25.2. The van der Waals surface area contributed by atoms with Gasteiger partial charge in [-0.25, -0.2) is 18.8 Å². The van der Waals surface area contributed by atoms with E-state index < -0.39 is 11.6 Å². The second-order valence-electron chi connectivity index (χ2n) is 2.49. The summed E-state index contributed by atoms with van der Waals surface area (Å²) in [6, 6.07) is 0.777. The third-order valence-electron chi connectivity index (χ3n) is 1.14. The average molecular weight is 173 g/mol. The number of nitrogens with zero attached hydrogens (tertiary/aromatic N) is 2. The van der Waals surface area contributed by atoms with E-state index in [1.165, 1.54) is 5.01 Å².